The second kappa shape index (κ2) is 6.66. The van der Waals surface area contributed by atoms with Crippen molar-refractivity contribution in [1.29, 1.82) is 0 Å². The quantitative estimate of drug-likeness (QED) is 0.778. The Balaban J connectivity index is 2.17. The van der Waals surface area contributed by atoms with Crippen LogP contribution in [-0.2, 0) is 16.1 Å². The fourth-order valence-corrected chi connectivity index (χ4v) is 2.46. The molecule has 0 saturated carbocycles. The lowest BCUT2D eigenvalue weighted by Crippen LogP contribution is -2.45. The van der Waals surface area contributed by atoms with E-state index in [1.54, 1.807) is 4.90 Å². The molecule has 8 heteroatoms. The van der Waals surface area contributed by atoms with Gasteiger partial charge in [0.2, 0.25) is 11.9 Å². The van der Waals surface area contributed by atoms with Crippen LogP contribution < -0.4 is 10.6 Å². The van der Waals surface area contributed by atoms with Crippen molar-refractivity contribution in [3.05, 3.63) is 5.82 Å². The largest absolute Gasteiger partial charge is 0.468 e. The van der Waals surface area contributed by atoms with Gasteiger partial charge in [-0.1, -0.05) is 6.42 Å². The third kappa shape index (κ3) is 3.78. The van der Waals surface area contributed by atoms with E-state index in [9.17, 15) is 4.79 Å². The Hall–Kier alpha value is -1.96. The van der Waals surface area contributed by atoms with Crippen LogP contribution in [0.5, 0.6) is 0 Å². The second-order valence-electron chi connectivity index (χ2n) is 5.31. The first-order valence-corrected chi connectivity index (χ1v) is 7.01. The van der Waals surface area contributed by atoms with Crippen LogP contribution in [0.3, 0.4) is 0 Å². The number of carbonyl (C=O) groups is 1. The van der Waals surface area contributed by atoms with Gasteiger partial charge < -0.3 is 15.4 Å². The predicted molar refractivity (Wildman–Crippen MR) is 78.6 cm³/mol. The molecule has 2 N–H and O–H groups in total. The molecule has 2 heterocycles. The molecule has 0 amide bonds. The lowest BCUT2D eigenvalue weighted by atomic mass is 10.0. The van der Waals surface area contributed by atoms with Crippen molar-refractivity contribution in [2.75, 3.05) is 38.4 Å². The first-order valence-electron chi connectivity index (χ1n) is 7.01. The lowest BCUT2D eigenvalue weighted by molar-refractivity contribution is -0.148. The molecule has 116 valence electrons. The monoisotopic (exact) mass is 294 g/mol. The van der Waals surface area contributed by atoms with Crippen LogP contribution >= 0.6 is 0 Å². The van der Waals surface area contributed by atoms with Crippen LogP contribution in [0.2, 0.25) is 0 Å². The minimum absolute atomic E-state index is 0.190. The van der Waals surface area contributed by atoms with E-state index in [1.807, 2.05) is 19.0 Å². The third-order valence-corrected chi connectivity index (χ3v) is 3.52. The molecule has 1 aliphatic rings. The van der Waals surface area contributed by atoms with Crippen LogP contribution in [0.15, 0.2) is 0 Å². The van der Waals surface area contributed by atoms with Gasteiger partial charge in [0.25, 0.3) is 0 Å². The Morgan fingerprint density at radius 1 is 1.38 bits per heavy atom. The normalized spacial score (nSPS) is 19.3. The van der Waals surface area contributed by atoms with E-state index in [2.05, 4.69) is 15.0 Å². The van der Waals surface area contributed by atoms with Gasteiger partial charge in [0, 0.05) is 14.1 Å². The number of nitrogen functional groups attached to an aromatic ring is 1. The van der Waals surface area contributed by atoms with Gasteiger partial charge in [-0.2, -0.15) is 15.0 Å². The maximum atomic E-state index is 11.9. The summed E-state index contributed by atoms with van der Waals surface area (Å²) in [6.45, 7) is 1.29. The summed E-state index contributed by atoms with van der Waals surface area (Å²) < 4.78 is 4.88. The molecular weight excluding hydrogens is 272 g/mol. The molecule has 8 nitrogen and oxygen atoms in total. The van der Waals surface area contributed by atoms with Crippen molar-refractivity contribution in [3.63, 3.8) is 0 Å². The lowest BCUT2D eigenvalue weighted by Gasteiger charge is -2.33. The summed E-state index contributed by atoms with van der Waals surface area (Å²) in [6.07, 6.45) is 2.88. The average molecular weight is 294 g/mol. The summed E-state index contributed by atoms with van der Waals surface area (Å²) in [6, 6.07) is -0.232. The van der Waals surface area contributed by atoms with Crippen LogP contribution in [-0.4, -0.2) is 59.6 Å². The summed E-state index contributed by atoms with van der Waals surface area (Å²) in [5, 5.41) is 0. The zero-order valence-corrected chi connectivity index (χ0v) is 12.7. The summed E-state index contributed by atoms with van der Waals surface area (Å²) in [7, 11) is 5.10. The number of nitrogens with two attached hydrogens (primary N) is 1. The van der Waals surface area contributed by atoms with E-state index in [-0.39, 0.29) is 18.0 Å². The fraction of sp³-hybridized carbons (Fsp3) is 0.692. The maximum absolute atomic E-state index is 11.9. The van der Waals surface area contributed by atoms with Gasteiger partial charge in [-0.05, 0) is 19.4 Å². The Bertz CT molecular complexity index is 507. The Kier molecular flexibility index (Phi) is 4.89. The number of nitrogens with zero attached hydrogens (tertiary/aromatic N) is 5. The Morgan fingerprint density at radius 3 is 2.81 bits per heavy atom. The molecule has 21 heavy (non-hydrogen) atoms. The molecule has 1 fully saturated rings. The SMILES string of the molecule is COC(=O)C1CCCCN1Cc1nc(N)nc(N(C)C)n1. The molecular formula is C13H22N6O2. The summed E-state index contributed by atoms with van der Waals surface area (Å²) >= 11 is 0. The Labute approximate surface area is 124 Å². The molecule has 1 aromatic rings. The van der Waals surface area contributed by atoms with Gasteiger partial charge in [0.15, 0.2) is 0 Å². The van der Waals surface area contributed by atoms with Crippen LogP contribution in [0.25, 0.3) is 0 Å². The van der Waals surface area contributed by atoms with E-state index < -0.39 is 0 Å². The number of piperidine rings is 1. The molecule has 0 radical (unpaired) electrons. The number of carbonyl (C=O) groups excluding carboxylic acids is 1. The number of hydrogen-bond acceptors (Lipinski definition) is 8. The number of anilines is 2. The minimum Gasteiger partial charge on any atom is -0.468 e. The van der Waals surface area contributed by atoms with Crippen molar-refractivity contribution in [3.8, 4) is 0 Å². The van der Waals surface area contributed by atoms with Crippen molar-refractivity contribution in [1.82, 2.24) is 19.9 Å². The van der Waals surface area contributed by atoms with Gasteiger partial charge in [-0.3, -0.25) is 9.69 Å². The first-order chi connectivity index (χ1) is 10.0. The summed E-state index contributed by atoms with van der Waals surface area (Å²) in [5.41, 5.74) is 5.72. The highest BCUT2D eigenvalue weighted by Gasteiger charge is 2.30. The van der Waals surface area contributed by atoms with Crippen LogP contribution in [0, 0.1) is 0 Å². The standard InChI is InChI=1S/C13H22N6O2/c1-18(2)13-16-10(15-12(14)17-13)8-19-7-5-4-6-9(19)11(20)21-3/h9H,4-8H2,1-3H3,(H2,14,15,16,17). The topological polar surface area (TPSA) is 97.5 Å². The van der Waals surface area contributed by atoms with Crippen molar-refractivity contribution >= 4 is 17.9 Å². The van der Waals surface area contributed by atoms with Crippen molar-refractivity contribution < 1.29 is 9.53 Å². The summed E-state index contributed by atoms with van der Waals surface area (Å²) in [5.74, 6) is 1.08. The predicted octanol–water partition coefficient (Wildman–Crippen LogP) is 0.0473. The van der Waals surface area contributed by atoms with E-state index >= 15 is 0 Å². The average Bonchev–Trinajstić information content (AvgIpc) is 2.46. The molecule has 1 atom stereocenters. The highest BCUT2D eigenvalue weighted by molar-refractivity contribution is 5.75. The molecule has 1 saturated heterocycles. The van der Waals surface area contributed by atoms with Gasteiger partial charge in [-0.25, -0.2) is 0 Å². The molecule has 0 aliphatic carbocycles. The van der Waals surface area contributed by atoms with Crippen LogP contribution in [0.1, 0.15) is 25.1 Å². The number of aromatic nitrogens is 3. The van der Waals surface area contributed by atoms with E-state index in [1.165, 1.54) is 7.11 Å². The van der Waals surface area contributed by atoms with Crippen molar-refractivity contribution in [2.45, 2.75) is 31.8 Å². The van der Waals surface area contributed by atoms with Crippen LogP contribution in [0.4, 0.5) is 11.9 Å². The number of hydrogen-bond donors (Lipinski definition) is 1. The molecule has 1 unspecified atom stereocenters. The Morgan fingerprint density at radius 2 is 2.14 bits per heavy atom. The zero-order valence-electron chi connectivity index (χ0n) is 12.7. The van der Waals surface area contributed by atoms with Gasteiger partial charge in [-0.15, -0.1) is 0 Å². The zero-order chi connectivity index (χ0) is 15.4. The number of esters is 1. The molecule has 2 rings (SSSR count). The maximum Gasteiger partial charge on any atom is 0.323 e. The van der Waals surface area contributed by atoms with Crippen molar-refractivity contribution in [2.24, 2.45) is 0 Å². The van der Waals surface area contributed by atoms with E-state index in [0.29, 0.717) is 18.3 Å². The highest BCUT2D eigenvalue weighted by Crippen LogP contribution is 2.20. The molecule has 0 aromatic carbocycles. The number of ether oxygens (including phenoxy) is 1. The first kappa shape index (κ1) is 15.4. The fourth-order valence-electron chi connectivity index (χ4n) is 2.46. The van der Waals surface area contributed by atoms with E-state index in [4.69, 9.17) is 10.5 Å². The van der Waals surface area contributed by atoms with Gasteiger partial charge >= 0.3 is 5.97 Å². The highest BCUT2D eigenvalue weighted by atomic mass is 16.5. The number of rotatable bonds is 4. The number of likely N-dealkylation sites (tertiary alicyclic amines) is 1. The van der Waals surface area contributed by atoms with Gasteiger partial charge in [0.05, 0.1) is 13.7 Å². The van der Waals surface area contributed by atoms with Gasteiger partial charge in [0.1, 0.15) is 11.9 Å². The molecule has 1 aromatic heterocycles. The minimum atomic E-state index is -0.232. The third-order valence-electron chi connectivity index (χ3n) is 3.52. The second-order valence-corrected chi connectivity index (χ2v) is 5.31. The molecule has 0 spiro atoms. The number of methoxy groups -OCH3 is 1. The molecule has 1 aliphatic heterocycles. The van der Waals surface area contributed by atoms with E-state index in [0.717, 1.165) is 25.8 Å². The smallest absolute Gasteiger partial charge is 0.323 e. The summed E-state index contributed by atoms with van der Waals surface area (Å²) in [4.78, 5) is 28.3. The molecule has 0 bridgehead atoms.